The minimum atomic E-state index is -0.115. The van der Waals surface area contributed by atoms with E-state index >= 15 is 0 Å². The summed E-state index contributed by atoms with van der Waals surface area (Å²) in [6.45, 7) is 6.94. The Hall–Kier alpha value is -2.95. The molecule has 25 heavy (non-hydrogen) atoms. The molecule has 0 atom stereocenters. The third-order valence-corrected chi connectivity index (χ3v) is 3.48. The Morgan fingerprint density at radius 1 is 0.960 bits per heavy atom. The van der Waals surface area contributed by atoms with Crippen LogP contribution in [-0.4, -0.2) is 20.5 Å². The first-order valence-electron chi connectivity index (χ1n) is 8.35. The van der Waals surface area contributed by atoms with Gasteiger partial charge in [-0.05, 0) is 32.4 Å². The highest BCUT2D eigenvalue weighted by atomic mass is 15.2. The lowest BCUT2D eigenvalue weighted by atomic mass is 10.1. The van der Waals surface area contributed by atoms with Crippen LogP contribution in [0, 0.1) is 0 Å². The highest BCUT2D eigenvalue weighted by Gasteiger charge is 2.13. The van der Waals surface area contributed by atoms with Crippen molar-refractivity contribution in [2.45, 2.75) is 32.9 Å². The summed E-state index contributed by atoms with van der Waals surface area (Å²) in [6.07, 6.45) is 3.62. The third-order valence-electron chi connectivity index (χ3n) is 3.48. The van der Waals surface area contributed by atoms with Gasteiger partial charge in [0.15, 0.2) is 0 Å². The second-order valence-corrected chi connectivity index (χ2v) is 6.92. The first-order valence-corrected chi connectivity index (χ1v) is 8.35. The van der Waals surface area contributed by atoms with Crippen LogP contribution in [-0.2, 0) is 6.54 Å². The van der Waals surface area contributed by atoms with Crippen molar-refractivity contribution in [3.05, 3.63) is 66.5 Å². The average molecular weight is 333 g/mol. The Morgan fingerprint density at radius 2 is 1.76 bits per heavy atom. The number of nitrogens with one attached hydrogen (secondary N) is 2. The van der Waals surface area contributed by atoms with E-state index in [1.165, 1.54) is 0 Å². The van der Waals surface area contributed by atoms with Gasteiger partial charge in [-0.25, -0.2) is 4.98 Å². The molecule has 3 aromatic rings. The minimum absolute atomic E-state index is 0.115. The van der Waals surface area contributed by atoms with E-state index in [2.05, 4.69) is 46.4 Å². The summed E-state index contributed by atoms with van der Waals surface area (Å²) >= 11 is 0. The van der Waals surface area contributed by atoms with Gasteiger partial charge in [0.25, 0.3) is 0 Å². The molecule has 0 bridgehead atoms. The monoisotopic (exact) mass is 333 g/mol. The average Bonchev–Trinajstić information content (AvgIpc) is 2.60. The number of hydrogen-bond donors (Lipinski definition) is 2. The topological polar surface area (TPSA) is 62.7 Å². The lowest BCUT2D eigenvalue weighted by Crippen LogP contribution is -2.27. The second-order valence-electron chi connectivity index (χ2n) is 6.92. The molecule has 0 radical (unpaired) electrons. The number of nitrogens with zero attached hydrogens (tertiary/aromatic N) is 3. The van der Waals surface area contributed by atoms with Crippen molar-refractivity contribution in [1.82, 2.24) is 15.0 Å². The highest BCUT2D eigenvalue weighted by molar-refractivity contribution is 5.64. The van der Waals surface area contributed by atoms with Crippen molar-refractivity contribution >= 4 is 11.8 Å². The summed E-state index contributed by atoms with van der Waals surface area (Å²) in [6, 6.07) is 16.1. The van der Waals surface area contributed by atoms with Crippen molar-refractivity contribution in [1.29, 1.82) is 0 Å². The van der Waals surface area contributed by atoms with Gasteiger partial charge >= 0.3 is 0 Å². The van der Waals surface area contributed by atoms with Gasteiger partial charge in [0.1, 0.15) is 5.82 Å². The predicted octanol–water partition coefficient (Wildman–Crippen LogP) is 4.36. The molecule has 0 amide bonds. The molecule has 0 fully saturated rings. The Bertz CT molecular complexity index is 810. The summed E-state index contributed by atoms with van der Waals surface area (Å²) in [5.41, 5.74) is 2.94. The molecule has 0 spiro atoms. The first-order chi connectivity index (χ1) is 12.0. The summed E-state index contributed by atoms with van der Waals surface area (Å²) in [7, 11) is 0. The molecule has 128 valence electrons. The van der Waals surface area contributed by atoms with Crippen LogP contribution in [0.2, 0.25) is 0 Å². The van der Waals surface area contributed by atoms with Gasteiger partial charge < -0.3 is 10.6 Å². The van der Waals surface area contributed by atoms with Gasteiger partial charge in [-0.3, -0.25) is 4.98 Å². The van der Waals surface area contributed by atoms with E-state index in [0.717, 1.165) is 22.6 Å². The first kappa shape index (κ1) is 16.9. The Kier molecular flexibility index (Phi) is 4.93. The van der Waals surface area contributed by atoms with Crippen molar-refractivity contribution in [2.75, 3.05) is 10.6 Å². The maximum Gasteiger partial charge on any atom is 0.225 e. The van der Waals surface area contributed by atoms with Gasteiger partial charge in [0.05, 0.1) is 5.69 Å². The Morgan fingerprint density at radius 3 is 2.44 bits per heavy atom. The molecule has 2 N–H and O–H groups in total. The molecule has 1 aromatic carbocycles. The molecule has 2 heterocycles. The minimum Gasteiger partial charge on any atom is -0.366 e. The van der Waals surface area contributed by atoms with Crippen LogP contribution >= 0.6 is 0 Å². The third kappa shape index (κ3) is 5.01. The number of pyridine rings is 1. The van der Waals surface area contributed by atoms with Crippen LogP contribution in [0.25, 0.3) is 11.3 Å². The molecular formula is C20H23N5. The SMILES string of the molecule is CC(C)(C)Nc1nc(NCc2cccnc2)cc(-c2ccccc2)n1. The van der Waals surface area contributed by atoms with Crippen molar-refractivity contribution in [2.24, 2.45) is 0 Å². The lowest BCUT2D eigenvalue weighted by Gasteiger charge is -2.21. The molecule has 2 aromatic heterocycles. The van der Waals surface area contributed by atoms with Gasteiger partial charge in [-0.1, -0.05) is 36.4 Å². The highest BCUT2D eigenvalue weighted by Crippen LogP contribution is 2.23. The standard InChI is InChI=1S/C20H23N5/c1-20(2,3)25-19-23-17(16-9-5-4-6-10-16)12-18(24-19)22-14-15-8-7-11-21-13-15/h4-13H,14H2,1-3H3,(H2,22,23,24,25). The lowest BCUT2D eigenvalue weighted by molar-refractivity contribution is 0.626. The van der Waals surface area contributed by atoms with E-state index in [4.69, 9.17) is 0 Å². The van der Waals surface area contributed by atoms with Crippen molar-refractivity contribution in [3.8, 4) is 11.3 Å². The molecule has 0 aliphatic rings. The van der Waals surface area contributed by atoms with Crippen LogP contribution < -0.4 is 10.6 Å². The number of anilines is 2. The van der Waals surface area contributed by atoms with E-state index in [0.29, 0.717) is 12.5 Å². The van der Waals surface area contributed by atoms with E-state index in [1.807, 2.05) is 54.7 Å². The van der Waals surface area contributed by atoms with E-state index in [1.54, 1.807) is 6.20 Å². The Balaban J connectivity index is 1.89. The normalized spacial score (nSPS) is 11.2. The Labute approximate surface area is 148 Å². The van der Waals surface area contributed by atoms with Crippen LogP contribution in [0.3, 0.4) is 0 Å². The molecule has 0 unspecified atom stereocenters. The fraction of sp³-hybridized carbons (Fsp3) is 0.250. The number of hydrogen-bond acceptors (Lipinski definition) is 5. The molecular weight excluding hydrogens is 310 g/mol. The zero-order valence-electron chi connectivity index (χ0n) is 14.8. The number of benzene rings is 1. The maximum atomic E-state index is 4.67. The van der Waals surface area contributed by atoms with Crippen LogP contribution in [0.1, 0.15) is 26.3 Å². The van der Waals surface area contributed by atoms with Crippen LogP contribution in [0.15, 0.2) is 60.9 Å². The van der Waals surface area contributed by atoms with E-state index in [-0.39, 0.29) is 5.54 Å². The van der Waals surface area contributed by atoms with Crippen molar-refractivity contribution < 1.29 is 0 Å². The molecule has 0 saturated carbocycles. The molecule has 3 rings (SSSR count). The fourth-order valence-corrected chi connectivity index (χ4v) is 2.38. The van der Waals surface area contributed by atoms with Crippen molar-refractivity contribution in [3.63, 3.8) is 0 Å². The van der Waals surface area contributed by atoms with E-state index in [9.17, 15) is 0 Å². The second kappa shape index (κ2) is 7.30. The van der Waals surface area contributed by atoms with Gasteiger partial charge in [-0.15, -0.1) is 0 Å². The zero-order valence-corrected chi connectivity index (χ0v) is 14.8. The van der Waals surface area contributed by atoms with Gasteiger partial charge in [0, 0.05) is 36.1 Å². The number of aromatic nitrogens is 3. The summed E-state index contributed by atoms with van der Waals surface area (Å²) in [5.74, 6) is 1.40. The largest absolute Gasteiger partial charge is 0.366 e. The molecule has 0 aliphatic carbocycles. The molecule has 5 heteroatoms. The van der Waals surface area contributed by atoms with Crippen LogP contribution in [0.4, 0.5) is 11.8 Å². The quantitative estimate of drug-likeness (QED) is 0.726. The number of rotatable bonds is 5. The van der Waals surface area contributed by atoms with Crippen LogP contribution in [0.5, 0.6) is 0 Å². The predicted molar refractivity (Wildman–Crippen MR) is 102 cm³/mol. The van der Waals surface area contributed by atoms with Gasteiger partial charge in [-0.2, -0.15) is 4.98 Å². The summed E-state index contributed by atoms with van der Waals surface area (Å²) in [5, 5.41) is 6.72. The van der Waals surface area contributed by atoms with E-state index < -0.39 is 0 Å². The summed E-state index contributed by atoms with van der Waals surface area (Å²) in [4.78, 5) is 13.4. The summed E-state index contributed by atoms with van der Waals surface area (Å²) < 4.78 is 0. The fourth-order valence-electron chi connectivity index (χ4n) is 2.38. The van der Waals surface area contributed by atoms with Gasteiger partial charge in [0.2, 0.25) is 5.95 Å². The molecule has 0 aliphatic heterocycles. The smallest absolute Gasteiger partial charge is 0.225 e. The zero-order chi connectivity index (χ0) is 17.7. The molecule has 0 saturated heterocycles. The molecule has 5 nitrogen and oxygen atoms in total. The maximum absolute atomic E-state index is 4.67.